The number of allylic oxidation sites excluding steroid dienone is 2. The molecule has 58 valence electrons. The lowest BCUT2D eigenvalue weighted by Crippen LogP contribution is -1.96. The average Bonchev–Trinajstić information content (AvgIpc) is 1.99. The first-order valence-corrected chi connectivity index (χ1v) is 3.98. The topological polar surface area (TPSA) is 0 Å². The lowest BCUT2D eigenvalue weighted by molar-refractivity contribution is 0.510. The highest BCUT2D eigenvalue weighted by Gasteiger charge is 2.02. The average molecular weight is 138 g/mol. The zero-order valence-electron chi connectivity index (χ0n) is 7.19. The normalized spacial score (nSPS) is 12.7. The first-order valence-electron chi connectivity index (χ1n) is 3.98. The van der Waals surface area contributed by atoms with Gasteiger partial charge in [0.2, 0.25) is 0 Å². The Balaban J connectivity index is 3.63. The van der Waals surface area contributed by atoms with Gasteiger partial charge in [0.15, 0.2) is 0 Å². The van der Waals surface area contributed by atoms with E-state index in [1.54, 1.807) is 0 Å². The SMILES string of the molecule is [CH2]C=C(C)CC(C[CH2])CC. The van der Waals surface area contributed by atoms with Gasteiger partial charge in [0.05, 0.1) is 0 Å². The Labute approximate surface area is 65.3 Å². The van der Waals surface area contributed by atoms with E-state index in [4.69, 9.17) is 0 Å². The molecule has 0 amide bonds. The molecule has 0 aromatic rings. The van der Waals surface area contributed by atoms with Crippen LogP contribution in [0.1, 0.15) is 33.1 Å². The molecule has 0 saturated carbocycles. The van der Waals surface area contributed by atoms with Gasteiger partial charge in [-0.3, -0.25) is 0 Å². The predicted octanol–water partition coefficient (Wildman–Crippen LogP) is 3.41. The van der Waals surface area contributed by atoms with Crippen LogP contribution in [0.25, 0.3) is 0 Å². The fourth-order valence-electron chi connectivity index (χ4n) is 0.989. The van der Waals surface area contributed by atoms with Gasteiger partial charge in [0.1, 0.15) is 0 Å². The zero-order valence-corrected chi connectivity index (χ0v) is 7.19. The van der Waals surface area contributed by atoms with Crippen LogP contribution in [0.5, 0.6) is 0 Å². The first-order chi connectivity index (χ1) is 4.74. The molecule has 0 fully saturated rings. The third-order valence-corrected chi connectivity index (χ3v) is 1.94. The van der Waals surface area contributed by atoms with E-state index in [1.807, 2.05) is 6.08 Å². The van der Waals surface area contributed by atoms with E-state index in [0.717, 1.165) is 12.3 Å². The van der Waals surface area contributed by atoms with Crippen LogP contribution in [-0.4, -0.2) is 0 Å². The van der Waals surface area contributed by atoms with Crippen LogP contribution in [-0.2, 0) is 0 Å². The van der Waals surface area contributed by atoms with Crippen molar-refractivity contribution in [3.05, 3.63) is 25.5 Å². The van der Waals surface area contributed by atoms with Crippen LogP contribution in [0.15, 0.2) is 11.6 Å². The molecular weight excluding hydrogens is 120 g/mol. The van der Waals surface area contributed by atoms with Crippen molar-refractivity contribution in [1.82, 2.24) is 0 Å². The van der Waals surface area contributed by atoms with Crippen LogP contribution in [0.3, 0.4) is 0 Å². The smallest absolute Gasteiger partial charge is 0.0295 e. The molecule has 0 rings (SSSR count). The summed E-state index contributed by atoms with van der Waals surface area (Å²) in [5.74, 6) is 0.762. The van der Waals surface area contributed by atoms with E-state index < -0.39 is 0 Å². The van der Waals surface area contributed by atoms with Crippen LogP contribution >= 0.6 is 0 Å². The van der Waals surface area contributed by atoms with Crippen molar-refractivity contribution < 1.29 is 0 Å². The third kappa shape index (κ3) is 3.71. The molecule has 1 atom stereocenters. The number of hydrogen-bond acceptors (Lipinski definition) is 0. The Morgan fingerprint density at radius 2 is 2.20 bits per heavy atom. The van der Waals surface area contributed by atoms with Crippen molar-refractivity contribution in [3.63, 3.8) is 0 Å². The summed E-state index contributed by atoms with van der Waals surface area (Å²) in [6.07, 6.45) is 5.39. The highest BCUT2D eigenvalue weighted by atomic mass is 14.1. The first kappa shape index (κ1) is 9.74. The summed E-state index contributed by atoms with van der Waals surface area (Å²) in [7, 11) is 0. The van der Waals surface area contributed by atoms with Gasteiger partial charge >= 0.3 is 0 Å². The summed E-state index contributed by atoms with van der Waals surface area (Å²) in [6, 6.07) is 0. The van der Waals surface area contributed by atoms with Crippen LogP contribution < -0.4 is 0 Å². The maximum Gasteiger partial charge on any atom is -0.0295 e. The second-order valence-corrected chi connectivity index (χ2v) is 2.82. The molecule has 0 aliphatic rings. The Kier molecular flexibility index (Phi) is 5.38. The zero-order chi connectivity index (χ0) is 7.98. The summed E-state index contributed by atoms with van der Waals surface area (Å²) < 4.78 is 0. The van der Waals surface area contributed by atoms with Gasteiger partial charge in [0, 0.05) is 0 Å². The molecular formula is C10H18. The van der Waals surface area contributed by atoms with Gasteiger partial charge < -0.3 is 0 Å². The van der Waals surface area contributed by atoms with Crippen molar-refractivity contribution in [2.24, 2.45) is 5.92 Å². The number of hydrogen-bond donors (Lipinski definition) is 0. The molecule has 0 N–H and O–H groups in total. The van der Waals surface area contributed by atoms with Crippen LogP contribution in [0.4, 0.5) is 0 Å². The van der Waals surface area contributed by atoms with Crippen molar-refractivity contribution >= 4 is 0 Å². The van der Waals surface area contributed by atoms with E-state index >= 15 is 0 Å². The minimum atomic E-state index is 0.762. The van der Waals surface area contributed by atoms with Crippen molar-refractivity contribution in [2.75, 3.05) is 0 Å². The predicted molar refractivity (Wildman–Crippen MR) is 47.5 cm³/mol. The monoisotopic (exact) mass is 138 g/mol. The highest BCUT2D eigenvalue weighted by molar-refractivity contribution is 5.00. The summed E-state index contributed by atoms with van der Waals surface area (Å²) in [4.78, 5) is 0. The second-order valence-electron chi connectivity index (χ2n) is 2.82. The second kappa shape index (κ2) is 5.52. The Hall–Kier alpha value is -0.260. The lowest BCUT2D eigenvalue weighted by Gasteiger charge is -2.11. The van der Waals surface area contributed by atoms with Crippen LogP contribution in [0, 0.1) is 19.8 Å². The largest absolute Gasteiger partial charge is 0.0853 e. The number of rotatable bonds is 4. The van der Waals surface area contributed by atoms with Crippen molar-refractivity contribution in [1.29, 1.82) is 0 Å². The molecule has 0 aliphatic carbocycles. The Bertz CT molecular complexity index is 96.6. The molecule has 1 unspecified atom stereocenters. The fraction of sp³-hybridized carbons (Fsp3) is 0.600. The maximum absolute atomic E-state index is 3.90. The fourth-order valence-corrected chi connectivity index (χ4v) is 0.989. The van der Waals surface area contributed by atoms with Crippen LogP contribution in [0.2, 0.25) is 0 Å². The highest BCUT2D eigenvalue weighted by Crippen LogP contribution is 2.17. The molecule has 0 heteroatoms. The van der Waals surface area contributed by atoms with Gasteiger partial charge in [-0.25, -0.2) is 0 Å². The molecule has 0 nitrogen and oxygen atoms in total. The molecule has 0 saturated heterocycles. The summed E-state index contributed by atoms with van der Waals surface area (Å²) >= 11 is 0. The van der Waals surface area contributed by atoms with E-state index in [1.165, 1.54) is 18.4 Å². The Morgan fingerprint density at radius 1 is 1.60 bits per heavy atom. The van der Waals surface area contributed by atoms with Gasteiger partial charge in [-0.2, -0.15) is 0 Å². The van der Waals surface area contributed by atoms with E-state index in [0.29, 0.717) is 0 Å². The molecule has 10 heavy (non-hydrogen) atoms. The Morgan fingerprint density at radius 3 is 2.50 bits per heavy atom. The van der Waals surface area contributed by atoms with Crippen molar-refractivity contribution in [2.45, 2.75) is 33.1 Å². The molecule has 0 aromatic heterocycles. The minimum absolute atomic E-state index is 0.762. The van der Waals surface area contributed by atoms with Gasteiger partial charge in [-0.05, 0) is 26.2 Å². The summed E-state index contributed by atoms with van der Waals surface area (Å²) in [5.41, 5.74) is 1.38. The molecule has 0 aliphatic heterocycles. The van der Waals surface area contributed by atoms with Crippen molar-refractivity contribution in [3.8, 4) is 0 Å². The van der Waals surface area contributed by atoms with Gasteiger partial charge in [-0.15, -0.1) is 0 Å². The van der Waals surface area contributed by atoms with Gasteiger partial charge in [-0.1, -0.05) is 38.3 Å². The lowest BCUT2D eigenvalue weighted by atomic mass is 9.95. The molecule has 0 aromatic carbocycles. The van der Waals surface area contributed by atoms with E-state index in [-0.39, 0.29) is 0 Å². The van der Waals surface area contributed by atoms with E-state index in [9.17, 15) is 0 Å². The standard InChI is InChI=1S/C10H18/c1-5-9(4)8-10(6-2)7-3/h5,10H,1-2,6-8H2,3-4H3. The minimum Gasteiger partial charge on any atom is -0.0853 e. The maximum atomic E-state index is 3.90. The third-order valence-electron chi connectivity index (χ3n) is 1.94. The van der Waals surface area contributed by atoms with Gasteiger partial charge in [0.25, 0.3) is 0 Å². The molecule has 2 radical (unpaired) electrons. The molecule has 0 spiro atoms. The molecule has 0 bridgehead atoms. The van der Waals surface area contributed by atoms with E-state index in [2.05, 4.69) is 27.7 Å². The molecule has 0 heterocycles. The quantitative estimate of drug-likeness (QED) is 0.558. The summed E-state index contributed by atoms with van der Waals surface area (Å²) in [6.45, 7) is 12.0. The summed E-state index contributed by atoms with van der Waals surface area (Å²) in [5, 5.41) is 0.